The average Bonchev–Trinajstić information content (AvgIpc) is 2.91. The third-order valence-corrected chi connectivity index (χ3v) is 4.91. The highest BCUT2D eigenvalue weighted by atomic mass is 32.2. The van der Waals surface area contributed by atoms with Crippen molar-refractivity contribution in [2.75, 3.05) is 18.8 Å². The lowest BCUT2D eigenvalue weighted by molar-refractivity contribution is -0.127. The number of nitrogens with zero attached hydrogens (tertiary/aromatic N) is 1. The minimum atomic E-state index is -4.13. The summed E-state index contributed by atoms with van der Waals surface area (Å²) in [6.07, 6.45) is 1.65. The van der Waals surface area contributed by atoms with Gasteiger partial charge in [0.2, 0.25) is 5.91 Å². The second-order valence-corrected chi connectivity index (χ2v) is 6.76. The number of hydrogen-bond acceptors (Lipinski definition) is 4. The van der Waals surface area contributed by atoms with Crippen LogP contribution in [0.2, 0.25) is 0 Å². The summed E-state index contributed by atoms with van der Waals surface area (Å²) < 4.78 is 37.9. The fraction of sp³-hybridized carbons (Fsp3) is 0.385. The van der Waals surface area contributed by atoms with Gasteiger partial charge >= 0.3 is 5.97 Å². The van der Waals surface area contributed by atoms with Crippen molar-refractivity contribution in [3.8, 4) is 0 Å². The summed E-state index contributed by atoms with van der Waals surface area (Å²) in [5.41, 5.74) is -0.350. The van der Waals surface area contributed by atoms with E-state index in [0.29, 0.717) is 19.2 Å². The number of aromatic carboxylic acids is 1. The lowest BCUT2D eigenvalue weighted by Gasteiger charge is -2.15. The zero-order valence-electron chi connectivity index (χ0n) is 11.1. The summed E-state index contributed by atoms with van der Waals surface area (Å²) in [6.45, 7) is 1.02. The molecule has 0 atom stereocenters. The third kappa shape index (κ3) is 3.38. The molecule has 0 saturated carbocycles. The maximum Gasteiger partial charge on any atom is 0.335 e. The monoisotopic (exact) mass is 315 g/mol. The molecule has 114 valence electrons. The van der Waals surface area contributed by atoms with Gasteiger partial charge in [0, 0.05) is 13.1 Å². The smallest absolute Gasteiger partial charge is 0.335 e. The lowest BCUT2D eigenvalue weighted by atomic mass is 10.2. The Morgan fingerprint density at radius 3 is 2.38 bits per heavy atom. The van der Waals surface area contributed by atoms with Crippen LogP contribution in [-0.2, 0) is 14.6 Å². The second kappa shape index (κ2) is 5.80. The van der Waals surface area contributed by atoms with Crippen LogP contribution in [0.15, 0.2) is 23.1 Å². The summed E-state index contributed by atoms with van der Waals surface area (Å²) in [4.78, 5) is 23.3. The number of halogens is 1. The summed E-state index contributed by atoms with van der Waals surface area (Å²) >= 11 is 0. The van der Waals surface area contributed by atoms with Crippen LogP contribution in [0, 0.1) is 5.82 Å². The van der Waals surface area contributed by atoms with E-state index in [4.69, 9.17) is 5.11 Å². The summed E-state index contributed by atoms with van der Waals surface area (Å²) in [5, 5.41) is 8.72. The Balaban J connectivity index is 2.23. The van der Waals surface area contributed by atoms with E-state index in [1.54, 1.807) is 0 Å². The van der Waals surface area contributed by atoms with Gasteiger partial charge in [-0.15, -0.1) is 0 Å². The molecular formula is C13H14FNO5S. The van der Waals surface area contributed by atoms with Crippen LogP contribution >= 0.6 is 0 Å². The standard InChI is InChI=1S/C13H14FNO5S/c14-10-7-9(13(17)18)3-4-11(10)21(19,20)8-12(16)15-5-1-2-6-15/h3-4,7H,1-2,5-6,8H2,(H,17,18). The molecule has 1 amide bonds. The molecule has 1 fully saturated rings. The topological polar surface area (TPSA) is 91.7 Å². The van der Waals surface area contributed by atoms with Crippen molar-refractivity contribution in [2.45, 2.75) is 17.7 Å². The lowest BCUT2D eigenvalue weighted by Crippen LogP contribution is -2.33. The molecule has 6 nitrogen and oxygen atoms in total. The van der Waals surface area contributed by atoms with Crippen molar-refractivity contribution < 1.29 is 27.5 Å². The molecule has 1 aliphatic heterocycles. The van der Waals surface area contributed by atoms with Crippen LogP contribution in [0.4, 0.5) is 4.39 Å². The number of rotatable bonds is 4. The molecule has 0 bridgehead atoms. The Kier molecular flexibility index (Phi) is 4.26. The van der Waals surface area contributed by atoms with Gasteiger partial charge in [0.1, 0.15) is 16.5 Å². The van der Waals surface area contributed by atoms with Gasteiger partial charge in [-0.25, -0.2) is 17.6 Å². The Bertz CT molecular complexity index is 680. The number of carbonyl (C=O) groups is 2. The van der Waals surface area contributed by atoms with Gasteiger partial charge in [0.25, 0.3) is 0 Å². The molecule has 0 aliphatic carbocycles. The van der Waals surface area contributed by atoms with Gasteiger partial charge in [-0.05, 0) is 31.0 Å². The van der Waals surface area contributed by atoms with Crippen molar-refractivity contribution in [1.82, 2.24) is 4.90 Å². The number of amides is 1. The molecule has 2 rings (SSSR count). The molecule has 1 saturated heterocycles. The molecule has 0 radical (unpaired) electrons. The number of carboxylic acid groups (broad SMARTS) is 1. The Labute approximate surface area is 121 Å². The fourth-order valence-corrected chi connectivity index (χ4v) is 3.48. The van der Waals surface area contributed by atoms with E-state index < -0.39 is 38.2 Å². The van der Waals surface area contributed by atoms with Crippen LogP contribution in [0.3, 0.4) is 0 Å². The van der Waals surface area contributed by atoms with E-state index in [1.165, 1.54) is 4.90 Å². The van der Waals surface area contributed by atoms with Crippen LogP contribution in [0.25, 0.3) is 0 Å². The number of benzene rings is 1. The highest BCUT2D eigenvalue weighted by Crippen LogP contribution is 2.19. The molecular weight excluding hydrogens is 301 g/mol. The van der Waals surface area contributed by atoms with Crippen molar-refractivity contribution in [1.29, 1.82) is 0 Å². The van der Waals surface area contributed by atoms with Gasteiger partial charge in [-0.3, -0.25) is 4.79 Å². The highest BCUT2D eigenvalue weighted by molar-refractivity contribution is 7.92. The van der Waals surface area contributed by atoms with E-state index in [1.807, 2.05) is 0 Å². The number of sulfone groups is 1. The van der Waals surface area contributed by atoms with E-state index in [2.05, 4.69) is 0 Å². The highest BCUT2D eigenvalue weighted by Gasteiger charge is 2.27. The number of hydrogen-bond donors (Lipinski definition) is 1. The van der Waals surface area contributed by atoms with Crippen molar-refractivity contribution >= 4 is 21.7 Å². The van der Waals surface area contributed by atoms with E-state index in [0.717, 1.165) is 25.0 Å². The van der Waals surface area contributed by atoms with Crippen molar-refractivity contribution in [2.24, 2.45) is 0 Å². The first-order chi connectivity index (χ1) is 9.81. The van der Waals surface area contributed by atoms with Crippen LogP contribution in [0.1, 0.15) is 23.2 Å². The number of carbonyl (C=O) groups excluding carboxylic acids is 1. The molecule has 1 heterocycles. The second-order valence-electron chi connectivity index (χ2n) is 4.80. The molecule has 1 aliphatic rings. The average molecular weight is 315 g/mol. The molecule has 8 heteroatoms. The first kappa shape index (κ1) is 15.4. The van der Waals surface area contributed by atoms with Gasteiger partial charge in [0.15, 0.2) is 9.84 Å². The Hall–Kier alpha value is -1.96. The fourth-order valence-electron chi connectivity index (χ4n) is 2.18. The molecule has 21 heavy (non-hydrogen) atoms. The predicted octanol–water partition coefficient (Wildman–Crippen LogP) is 0.920. The van der Waals surface area contributed by atoms with E-state index >= 15 is 0 Å². The maximum absolute atomic E-state index is 13.8. The largest absolute Gasteiger partial charge is 0.478 e. The number of likely N-dealkylation sites (tertiary alicyclic amines) is 1. The van der Waals surface area contributed by atoms with Gasteiger partial charge in [-0.1, -0.05) is 0 Å². The van der Waals surface area contributed by atoms with Crippen molar-refractivity contribution in [3.05, 3.63) is 29.6 Å². The van der Waals surface area contributed by atoms with Crippen LogP contribution in [0.5, 0.6) is 0 Å². The normalized spacial score (nSPS) is 15.2. The minimum absolute atomic E-state index is 0.350. The van der Waals surface area contributed by atoms with Gasteiger partial charge in [-0.2, -0.15) is 0 Å². The quantitative estimate of drug-likeness (QED) is 0.892. The van der Waals surface area contributed by atoms with Gasteiger partial charge < -0.3 is 10.0 Å². The minimum Gasteiger partial charge on any atom is -0.478 e. The zero-order chi connectivity index (χ0) is 15.6. The molecule has 0 unspecified atom stereocenters. The summed E-state index contributed by atoms with van der Waals surface area (Å²) in [6, 6.07) is 2.51. The first-order valence-electron chi connectivity index (χ1n) is 6.34. The Morgan fingerprint density at radius 1 is 1.24 bits per heavy atom. The zero-order valence-corrected chi connectivity index (χ0v) is 11.9. The molecule has 1 aromatic carbocycles. The first-order valence-corrected chi connectivity index (χ1v) is 8.00. The number of carboxylic acids is 1. The third-order valence-electron chi connectivity index (χ3n) is 3.29. The molecule has 0 aromatic heterocycles. The summed E-state index contributed by atoms with van der Waals surface area (Å²) in [7, 11) is -4.13. The predicted molar refractivity (Wildman–Crippen MR) is 71.2 cm³/mol. The SMILES string of the molecule is O=C(O)c1ccc(S(=O)(=O)CC(=O)N2CCCC2)c(F)c1. The van der Waals surface area contributed by atoms with Crippen LogP contribution < -0.4 is 0 Å². The van der Waals surface area contributed by atoms with Gasteiger partial charge in [0.05, 0.1) is 5.56 Å². The molecule has 0 spiro atoms. The molecule has 1 N–H and O–H groups in total. The van der Waals surface area contributed by atoms with Crippen LogP contribution in [-0.4, -0.2) is 49.1 Å². The maximum atomic E-state index is 13.8. The molecule has 1 aromatic rings. The van der Waals surface area contributed by atoms with Crippen molar-refractivity contribution in [3.63, 3.8) is 0 Å². The van der Waals surface area contributed by atoms with E-state index in [-0.39, 0.29) is 5.56 Å². The van der Waals surface area contributed by atoms with E-state index in [9.17, 15) is 22.4 Å². The Morgan fingerprint density at radius 2 is 1.86 bits per heavy atom. The summed E-state index contributed by atoms with van der Waals surface area (Å²) in [5.74, 6) is -3.89.